The Balaban J connectivity index is 1.65. The van der Waals surface area contributed by atoms with E-state index in [1.807, 2.05) is 19.1 Å². The SMILES string of the molecule is CCOc1cc(/C=C2/C(=O)NC(=S)N(c3ccccc3)C2=O)cc(Br)c1OCc1ccc(C)c(C)c1. The molecule has 4 rings (SSSR count). The molecular formula is C28H25BrN2O4S. The van der Waals surface area contributed by atoms with Gasteiger partial charge in [-0.15, -0.1) is 0 Å². The van der Waals surface area contributed by atoms with Crippen LogP contribution < -0.4 is 19.7 Å². The number of carbonyl (C=O) groups excluding carboxylic acids is 2. The minimum atomic E-state index is -0.554. The molecule has 0 saturated carbocycles. The molecule has 1 aliphatic heterocycles. The van der Waals surface area contributed by atoms with Crippen molar-refractivity contribution in [3.05, 3.63) is 93.0 Å². The number of aryl methyl sites for hydroxylation is 2. The number of hydrogen-bond acceptors (Lipinski definition) is 5. The Morgan fingerprint density at radius 3 is 2.44 bits per heavy atom. The molecule has 0 bridgehead atoms. The number of hydrogen-bond donors (Lipinski definition) is 1. The van der Waals surface area contributed by atoms with E-state index in [1.54, 1.807) is 36.4 Å². The predicted octanol–water partition coefficient (Wildman–Crippen LogP) is 5.87. The van der Waals surface area contributed by atoms with Gasteiger partial charge in [0.1, 0.15) is 12.2 Å². The third kappa shape index (κ3) is 5.50. The zero-order valence-electron chi connectivity index (χ0n) is 20.1. The van der Waals surface area contributed by atoms with E-state index in [0.29, 0.717) is 40.4 Å². The van der Waals surface area contributed by atoms with Gasteiger partial charge in [-0.2, -0.15) is 0 Å². The van der Waals surface area contributed by atoms with Gasteiger partial charge >= 0.3 is 0 Å². The maximum absolute atomic E-state index is 13.3. The summed E-state index contributed by atoms with van der Waals surface area (Å²) in [6, 6.07) is 18.7. The first-order valence-electron chi connectivity index (χ1n) is 11.4. The largest absolute Gasteiger partial charge is 0.490 e. The number of thiocarbonyl (C=S) groups is 1. The Labute approximate surface area is 224 Å². The zero-order valence-corrected chi connectivity index (χ0v) is 22.5. The van der Waals surface area contributed by atoms with Gasteiger partial charge in [0.2, 0.25) is 0 Å². The molecule has 1 aliphatic rings. The molecule has 3 aromatic carbocycles. The van der Waals surface area contributed by atoms with Crippen LogP contribution in [0, 0.1) is 13.8 Å². The van der Waals surface area contributed by atoms with E-state index in [-0.39, 0.29) is 10.7 Å². The molecule has 3 aromatic rings. The molecule has 1 saturated heterocycles. The van der Waals surface area contributed by atoms with Crippen molar-refractivity contribution in [1.29, 1.82) is 0 Å². The Bertz CT molecular complexity index is 1370. The normalized spacial score (nSPS) is 14.7. The molecule has 8 heteroatoms. The van der Waals surface area contributed by atoms with Crippen LogP contribution in [0.5, 0.6) is 11.5 Å². The van der Waals surface area contributed by atoms with E-state index in [4.69, 9.17) is 21.7 Å². The van der Waals surface area contributed by atoms with E-state index in [9.17, 15) is 9.59 Å². The fourth-order valence-electron chi connectivity index (χ4n) is 3.76. The first-order chi connectivity index (χ1) is 17.3. The van der Waals surface area contributed by atoms with Gasteiger partial charge in [0.25, 0.3) is 11.8 Å². The van der Waals surface area contributed by atoms with Gasteiger partial charge in [0, 0.05) is 0 Å². The van der Waals surface area contributed by atoms with Crippen LogP contribution in [-0.4, -0.2) is 23.5 Å². The van der Waals surface area contributed by atoms with Crippen LogP contribution in [-0.2, 0) is 16.2 Å². The van der Waals surface area contributed by atoms with Crippen LogP contribution in [0.1, 0.15) is 29.2 Å². The van der Waals surface area contributed by atoms with E-state index >= 15 is 0 Å². The molecule has 0 spiro atoms. The van der Waals surface area contributed by atoms with Crippen molar-refractivity contribution in [1.82, 2.24) is 5.32 Å². The number of benzene rings is 3. The van der Waals surface area contributed by atoms with Crippen LogP contribution in [0.15, 0.2) is 70.7 Å². The highest BCUT2D eigenvalue weighted by molar-refractivity contribution is 9.10. The number of rotatable bonds is 7. The van der Waals surface area contributed by atoms with Crippen molar-refractivity contribution in [2.45, 2.75) is 27.4 Å². The van der Waals surface area contributed by atoms with Gasteiger partial charge in [-0.25, -0.2) is 0 Å². The first-order valence-corrected chi connectivity index (χ1v) is 12.6. The van der Waals surface area contributed by atoms with Gasteiger partial charge in [-0.3, -0.25) is 19.8 Å². The third-order valence-electron chi connectivity index (χ3n) is 5.71. The lowest BCUT2D eigenvalue weighted by atomic mass is 10.1. The number of anilines is 1. The molecule has 2 amide bonds. The number of para-hydroxylation sites is 1. The fourth-order valence-corrected chi connectivity index (χ4v) is 4.61. The number of nitrogens with one attached hydrogen (secondary N) is 1. The zero-order chi connectivity index (χ0) is 25.8. The predicted molar refractivity (Wildman–Crippen MR) is 148 cm³/mol. The minimum absolute atomic E-state index is 0.0365. The van der Waals surface area contributed by atoms with Crippen molar-refractivity contribution in [3.63, 3.8) is 0 Å². The number of ether oxygens (including phenoxy) is 2. The standard InChI is InChI=1S/C28H25BrN2O4S/c1-4-34-24-15-20(14-23(29)25(24)35-16-19-11-10-17(2)18(3)12-19)13-22-26(32)30-28(36)31(27(22)33)21-8-6-5-7-9-21/h5-15H,4,16H2,1-3H3,(H,30,32,36)/b22-13-. The first kappa shape index (κ1) is 25.6. The molecule has 0 aromatic heterocycles. The molecule has 36 heavy (non-hydrogen) atoms. The molecular weight excluding hydrogens is 540 g/mol. The second kappa shape index (κ2) is 11.1. The highest BCUT2D eigenvalue weighted by atomic mass is 79.9. The number of carbonyl (C=O) groups is 2. The Kier molecular flexibility index (Phi) is 7.86. The van der Waals surface area contributed by atoms with E-state index < -0.39 is 11.8 Å². The van der Waals surface area contributed by atoms with Gasteiger partial charge < -0.3 is 9.47 Å². The number of halogens is 1. The number of amides is 2. The summed E-state index contributed by atoms with van der Waals surface area (Å²) in [5, 5.41) is 2.64. The highest BCUT2D eigenvalue weighted by Gasteiger charge is 2.34. The fraction of sp³-hybridized carbons (Fsp3) is 0.179. The second-order valence-corrected chi connectivity index (χ2v) is 9.50. The molecule has 0 atom stereocenters. The van der Waals surface area contributed by atoms with Crippen LogP contribution in [0.2, 0.25) is 0 Å². The molecule has 1 fully saturated rings. The highest BCUT2D eigenvalue weighted by Crippen LogP contribution is 2.38. The molecule has 6 nitrogen and oxygen atoms in total. The summed E-state index contributed by atoms with van der Waals surface area (Å²) in [7, 11) is 0. The molecule has 1 N–H and O–H groups in total. The maximum atomic E-state index is 13.3. The summed E-state index contributed by atoms with van der Waals surface area (Å²) in [6.45, 7) is 6.80. The van der Waals surface area contributed by atoms with Crippen LogP contribution in [0.25, 0.3) is 6.08 Å². The average molecular weight is 565 g/mol. The Hall–Kier alpha value is -3.49. The second-order valence-electron chi connectivity index (χ2n) is 8.26. The Morgan fingerprint density at radius 1 is 1.00 bits per heavy atom. The van der Waals surface area contributed by atoms with Crippen LogP contribution >= 0.6 is 28.1 Å². The van der Waals surface area contributed by atoms with Crippen molar-refractivity contribution in [3.8, 4) is 11.5 Å². The van der Waals surface area contributed by atoms with Crippen molar-refractivity contribution >= 4 is 56.8 Å². The summed E-state index contributed by atoms with van der Waals surface area (Å²) in [5.74, 6) is -0.00849. The summed E-state index contributed by atoms with van der Waals surface area (Å²) in [4.78, 5) is 27.3. The molecule has 0 aliphatic carbocycles. The van der Waals surface area contributed by atoms with E-state index in [1.165, 1.54) is 22.1 Å². The monoisotopic (exact) mass is 564 g/mol. The van der Waals surface area contributed by atoms with Crippen molar-refractivity contribution in [2.75, 3.05) is 11.5 Å². The quantitative estimate of drug-likeness (QED) is 0.220. The lowest BCUT2D eigenvalue weighted by Gasteiger charge is -2.28. The van der Waals surface area contributed by atoms with Gasteiger partial charge in [-0.05, 0) is 102 Å². The van der Waals surface area contributed by atoms with E-state index in [0.717, 1.165) is 5.56 Å². The Morgan fingerprint density at radius 2 is 1.75 bits per heavy atom. The lowest BCUT2D eigenvalue weighted by molar-refractivity contribution is -0.122. The maximum Gasteiger partial charge on any atom is 0.270 e. The molecule has 1 heterocycles. The summed E-state index contributed by atoms with van der Waals surface area (Å²) < 4.78 is 12.6. The van der Waals surface area contributed by atoms with Gasteiger partial charge in [0.05, 0.1) is 16.8 Å². The van der Waals surface area contributed by atoms with Crippen LogP contribution in [0.3, 0.4) is 0 Å². The lowest BCUT2D eigenvalue weighted by Crippen LogP contribution is -2.54. The molecule has 184 valence electrons. The summed E-state index contributed by atoms with van der Waals surface area (Å²) >= 11 is 8.83. The average Bonchev–Trinajstić information content (AvgIpc) is 2.84. The van der Waals surface area contributed by atoms with Crippen molar-refractivity contribution in [2.24, 2.45) is 0 Å². The van der Waals surface area contributed by atoms with Gasteiger partial charge in [-0.1, -0.05) is 36.4 Å². The third-order valence-corrected chi connectivity index (χ3v) is 6.59. The topological polar surface area (TPSA) is 67.9 Å². The van der Waals surface area contributed by atoms with E-state index in [2.05, 4.69) is 47.2 Å². The minimum Gasteiger partial charge on any atom is -0.490 e. The smallest absolute Gasteiger partial charge is 0.270 e. The van der Waals surface area contributed by atoms with Crippen molar-refractivity contribution < 1.29 is 19.1 Å². The van der Waals surface area contributed by atoms with Crippen LogP contribution in [0.4, 0.5) is 5.69 Å². The van der Waals surface area contributed by atoms with Gasteiger partial charge in [0.15, 0.2) is 16.6 Å². The number of nitrogens with zero attached hydrogens (tertiary/aromatic N) is 1. The summed E-state index contributed by atoms with van der Waals surface area (Å²) in [6.07, 6.45) is 1.52. The molecule has 0 radical (unpaired) electrons. The summed E-state index contributed by atoms with van der Waals surface area (Å²) in [5.41, 5.74) is 4.60. The molecule has 0 unspecified atom stereocenters.